The number of nitrogens with one attached hydrogen (secondary N) is 1. The Morgan fingerprint density at radius 2 is 2.12 bits per heavy atom. The maximum absolute atomic E-state index is 12.0. The number of aromatic nitrogens is 2. The fourth-order valence-electron chi connectivity index (χ4n) is 1.73. The van der Waals surface area contributed by atoms with E-state index < -0.39 is 0 Å². The number of amides is 1. The molecule has 17 heavy (non-hydrogen) atoms. The van der Waals surface area contributed by atoms with Crippen molar-refractivity contribution in [2.45, 2.75) is 45.7 Å². The molecule has 0 fully saturated rings. The average Bonchev–Trinajstić information content (AvgIpc) is 2.85. The molecule has 1 aromatic rings. The molecular weight excluding hydrogens is 216 g/mol. The van der Waals surface area contributed by atoms with Gasteiger partial charge < -0.3 is 11.1 Å². The molecule has 1 heterocycles. The maximum atomic E-state index is 12.0. The number of nitrogens with two attached hydrogens (primary N) is 1. The smallest absolute Gasteiger partial charge is 0.254 e. The van der Waals surface area contributed by atoms with Crippen LogP contribution >= 0.6 is 0 Å². The molecule has 0 radical (unpaired) electrons. The maximum Gasteiger partial charge on any atom is 0.254 e. The summed E-state index contributed by atoms with van der Waals surface area (Å²) < 4.78 is 1.73. The number of nitrogens with zero attached hydrogens (tertiary/aromatic N) is 2. The summed E-state index contributed by atoms with van der Waals surface area (Å²) in [5.41, 5.74) is 6.04. The van der Waals surface area contributed by atoms with Crippen LogP contribution in [0.1, 0.15) is 44.0 Å². The van der Waals surface area contributed by atoms with Crippen LogP contribution in [0.25, 0.3) is 0 Å². The third kappa shape index (κ3) is 3.06. The highest BCUT2D eigenvalue weighted by Crippen LogP contribution is 2.14. The summed E-state index contributed by atoms with van der Waals surface area (Å²) >= 11 is 0. The first-order chi connectivity index (χ1) is 8.10. The molecular formula is C12H22N4O. The molecule has 1 aromatic heterocycles. The van der Waals surface area contributed by atoms with E-state index >= 15 is 0 Å². The second-order valence-electron chi connectivity index (χ2n) is 4.23. The van der Waals surface area contributed by atoms with E-state index in [0.717, 1.165) is 19.4 Å². The van der Waals surface area contributed by atoms with Crippen LogP contribution in [0, 0.1) is 0 Å². The predicted octanol–water partition coefficient (Wildman–Crippen LogP) is 1.15. The van der Waals surface area contributed by atoms with E-state index in [1.807, 2.05) is 20.8 Å². The third-order valence-electron chi connectivity index (χ3n) is 3.34. The lowest BCUT2D eigenvalue weighted by molar-refractivity contribution is 0.0895. The molecule has 0 aliphatic carbocycles. The van der Waals surface area contributed by atoms with Gasteiger partial charge in [-0.15, -0.1) is 0 Å². The first-order valence-corrected chi connectivity index (χ1v) is 6.15. The molecule has 0 atom stereocenters. The van der Waals surface area contributed by atoms with Crippen molar-refractivity contribution in [3.05, 3.63) is 18.0 Å². The fourth-order valence-corrected chi connectivity index (χ4v) is 1.73. The highest BCUT2D eigenvalue weighted by Gasteiger charge is 2.27. The Balaban J connectivity index is 2.77. The Bertz CT molecular complexity index is 360. The van der Waals surface area contributed by atoms with Gasteiger partial charge in [-0.25, -0.2) is 0 Å². The van der Waals surface area contributed by atoms with Gasteiger partial charge in [0, 0.05) is 19.3 Å². The van der Waals surface area contributed by atoms with Gasteiger partial charge in [-0.2, -0.15) is 5.10 Å². The van der Waals surface area contributed by atoms with Crippen LogP contribution < -0.4 is 11.1 Å². The molecule has 5 heteroatoms. The topological polar surface area (TPSA) is 72.9 Å². The number of hydrogen-bond donors (Lipinski definition) is 2. The number of carbonyl (C=O) groups is 1. The van der Waals surface area contributed by atoms with Crippen LogP contribution in [0.4, 0.5) is 0 Å². The Morgan fingerprint density at radius 1 is 1.47 bits per heavy atom. The van der Waals surface area contributed by atoms with E-state index in [1.165, 1.54) is 0 Å². The molecule has 0 aliphatic rings. The van der Waals surface area contributed by atoms with E-state index in [9.17, 15) is 4.79 Å². The minimum absolute atomic E-state index is 0.0983. The van der Waals surface area contributed by atoms with Gasteiger partial charge in [0.2, 0.25) is 0 Å². The summed E-state index contributed by atoms with van der Waals surface area (Å²) in [6, 6.07) is 0. The van der Waals surface area contributed by atoms with E-state index in [-0.39, 0.29) is 11.4 Å². The summed E-state index contributed by atoms with van der Waals surface area (Å²) in [6.07, 6.45) is 4.99. The molecule has 0 unspecified atom stereocenters. The minimum Gasteiger partial charge on any atom is -0.345 e. The van der Waals surface area contributed by atoms with Crippen molar-refractivity contribution >= 4 is 5.91 Å². The van der Waals surface area contributed by atoms with Crippen molar-refractivity contribution in [1.82, 2.24) is 15.1 Å². The molecule has 3 N–H and O–H groups in total. The monoisotopic (exact) mass is 238 g/mol. The zero-order chi connectivity index (χ0) is 12.9. The van der Waals surface area contributed by atoms with Crippen molar-refractivity contribution in [2.75, 3.05) is 6.54 Å². The highest BCUT2D eigenvalue weighted by molar-refractivity contribution is 5.94. The van der Waals surface area contributed by atoms with Crippen molar-refractivity contribution < 1.29 is 4.79 Å². The highest BCUT2D eigenvalue weighted by atomic mass is 16.1. The van der Waals surface area contributed by atoms with Gasteiger partial charge in [-0.3, -0.25) is 9.48 Å². The largest absolute Gasteiger partial charge is 0.345 e. The molecule has 0 saturated heterocycles. The van der Waals surface area contributed by atoms with E-state index in [2.05, 4.69) is 10.4 Å². The van der Waals surface area contributed by atoms with Crippen LogP contribution in [0.2, 0.25) is 0 Å². The van der Waals surface area contributed by atoms with Crippen LogP contribution in [0.5, 0.6) is 0 Å². The Kier molecular flexibility index (Phi) is 4.69. The molecule has 0 saturated carbocycles. The van der Waals surface area contributed by atoms with Crippen LogP contribution in [0.3, 0.4) is 0 Å². The lowest BCUT2D eigenvalue weighted by Gasteiger charge is -2.31. The van der Waals surface area contributed by atoms with Crippen LogP contribution in [-0.2, 0) is 6.54 Å². The number of rotatable bonds is 6. The van der Waals surface area contributed by atoms with Gasteiger partial charge >= 0.3 is 0 Å². The molecule has 1 rings (SSSR count). The normalized spacial score (nSPS) is 11.5. The Morgan fingerprint density at radius 3 is 2.53 bits per heavy atom. The molecule has 1 amide bonds. The third-order valence-corrected chi connectivity index (χ3v) is 3.34. The van der Waals surface area contributed by atoms with E-state index in [1.54, 1.807) is 17.1 Å². The van der Waals surface area contributed by atoms with Crippen molar-refractivity contribution in [3.63, 3.8) is 0 Å². The molecule has 0 aliphatic heterocycles. The lowest BCUT2D eigenvalue weighted by atomic mass is 9.92. The molecule has 0 bridgehead atoms. The first kappa shape index (κ1) is 13.7. The standard InChI is InChI=1S/C12H22N4O/c1-4-12(5-2,9-13)15-11(17)10-7-14-16(6-3)8-10/h7-8H,4-6,9,13H2,1-3H3,(H,15,17). The van der Waals surface area contributed by atoms with E-state index in [4.69, 9.17) is 5.73 Å². The van der Waals surface area contributed by atoms with Gasteiger partial charge in [0.1, 0.15) is 0 Å². The summed E-state index contributed by atoms with van der Waals surface area (Å²) in [5.74, 6) is -0.0983. The van der Waals surface area contributed by atoms with Crippen LogP contribution in [-0.4, -0.2) is 27.8 Å². The second-order valence-corrected chi connectivity index (χ2v) is 4.23. The number of hydrogen-bond acceptors (Lipinski definition) is 3. The second kappa shape index (κ2) is 5.82. The zero-order valence-electron chi connectivity index (χ0n) is 10.9. The first-order valence-electron chi connectivity index (χ1n) is 6.15. The fraction of sp³-hybridized carbons (Fsp3) is 0.667. The Hall–Kier alpha value is -1.36. The van der Waals surface area contributed by atoms with Gasteiger partial charge in [0.25, 0.3) is 5.91 Å². The minimum atomic E-state index is -0.300. The molecule has 0 aromatic carbocycles. The van der Waals surface area contributed by atoms with Crippen LogP contribution in [0.15, 0.2) is 12.4 Å². The van der Waals surface area contributed by atoms with Crippen molar-refractivity contribution in [1.29, 1.82) is 0 Å². The molecule has 5 nitrogen and oxygen atoms in total. The molecule has 0 spiro atoms. The van der Waals surface area contributed by atoms with Crippen molar-refractivity contribution in [3.8, 4) is 0 Å². The lowest BCUT2D eigenvalue weighted by Crippen LogP contribution is -2.52. The quantitative estimate of drug-likeness (QED) is 0.781. The number of carbonyl (C=O) groups excluding carboxylic acids is 1. The van der Waals surface area contributed by atoms with Gasteiger partial charge in [-0.1, -0.05) is 13.8 Å². The van der Waals surface area contributed by atoms with Crippen molar-refractivity contribution in [2.24, 2.45) is 5.73 Å². The van der Waals surface area contributed by atoms with Gasteiger partial charge in [-0.05, 0) is 19.8 Å². The summed E-state index contributed by atoms with van der Waals surface area (Å²) in [7, 11) is 0. The summed E-state index contributed by atoms with van der Waals surface area (Å²) in [4.78, 5) is 12.0. The van der Waals surface area contributed by atoms with Gasteiger partial charge in [0.05, 0.1) is 17.3 Å². The SMILES string of the molecule is CCn1cc(C(=O)NC(CC)(CC)CN)cn1. The summed E-state index contributed by atoms with van der Waals surface area (Å²) in [6.45, 7) is 7.26. The summed E-state index contributed by atoms with van der Waals surface area (Å²) in [5, 5.41) is 7.10. The average molecular weight is 238 g/mol. The Labute approximate surface area is 102 Å². The number of aryl methyl sites for hydroxylation is 1. The van der Waals surface area contributed by atoms with Gasteiger partial charge in [0.15, 0.2) is 0 Å². The molecule has 96 valence electrons. The predicted molar refractivity (Wildman–Crippen MR) is 67.7 cm³/mol. The van der Waals surface area contributed by atoms with E-state index in [0.29, 0.717) is 12.1 Å². The zero-order valence-corrected chi connectivity index (χ0v) is 10.9.